The molecule has 1 aliphatic carbocycles. The van der Waals surface area contributed by atoms with E-state index in [9.17, 15) is 0 Å². The minimum Gasteiger partial charge on any atom is -0.489 e. The molecule has 0 amide bonds. The van der Waals surface area contributed by atoms with Crippen LogP contribution in [-0.2, 0) is 6.42 Å². The highest BCUT2D eigenvalue weighted by Crippen LogP contribution is 2.20. The molecule has 0 spiro atoms. The fourth-order valence-electron chi connectivity index (χ4n) is 1.78. The number of para-hydroxylation sites is 1. The van der Waals surface area contributed by atoms with Crippen molar-refractivity contribution < 1.29 is 4.74 Å². The number of hydrogen-bond acceptors (Lipinski definition) is 2. The standard InChI is InChI=1S/C16H21NO/c1-3-6-14-7-4-5-8-16(14)18-12-13(2)11-17-15-9-10-15/h3-5,7-8,15,17H,1-2,6,9-12H2. The average Bonchev–Trinajstić information content (AvgIpc) is 3.20. The van der Waals surface area contributed by atoms with Crippen LogP contribution in [0, 0.1) is 0 Å². The Morgan fingerprint density at radius 1 is 1.39 bits per heavy atom. The lowest BCUT2D eigenvalue weighted by molar-refractivity contribution is 0.345. The zero-order valence-corrected chi connectivity index (χ0v) is 10.8. The summed E-state index contributed by atoms with van der Waals surface area (Å²) in [5, 5.41) is 3.44. The first-order chi connectivity index (χ1) is 8.79. The number of nitrogens with one attached hydrogen (secondary N) is 1. The van der Waals surface area contributed by atoms with Gasteiger partial charge in [-0.25, -0.2) is 0 Å². The Labute approximate surface area is 109 Å². The Morgan fingerprint density at radius 2 is 2.17 bits per heavy atom. The molecule has 0 saturated heterocycles. The first kappa shape index (κ1) is 12.9. The van der Waals surface area contributed by atoms with Crippen LogP contribution in [0.1, 0.15) is 18.4 Å². The Morgan fingerprint density at radius 3 is 2.89 bits per heavy atom. The van der Waals surface area contributed by atoms with Crippen LogP contribution in [0.25, 0.3) is 0 Å². The summed E-state index contributed by atoms with van der Waals surface area (Å²) in [6.07, 6.45) is 5.33. The molecule has 1 aromatic rings. The molecule has 1 fully saturated rings. The number of ether oxygens (including phenoxy) is 1. The molecule has 0 unspecified atom stereocenters. The van der Waals surface area contributed by atoms with Crippen molar-refractivity contribution in [2.24, 2.45) is 0 Å². The van der Waals surface area contributed by atoms with Crippen LogP contribution < -0.4 is 10.1 Å². The second-order valence-corrected chi connectivity index (χ2v) is 4.79. The fraction of sp³-hybridized carbons (Fsp3) is 0.375. The summed E-state index contributed by atoms with van der Waals surface area (Å²) in [5.41, 5.74) is 2.27. The Bertz CT molecular complexity index is 421. The molecule has 0 atom stereocenters. The van der Waals surface area contributed by atoms with Crippen molar-refractivity contribution in [2.45, 2.75) is 25.3 Å². The zero-order valence-electron chi connectivity index (χ0n) is 10.8. The summed E-state index contributed by atoms with van der Waals surface area (Å²) < 4.78 is 5.82. The molecule has 2 nitrogen and oxygen atoms in total. The quantitative estimate of drug-likeness (QED) is 0.708. The Balaban J connectivity index is 1.80. The third-order valence-corrected chi connectivity index (χ3v) is 2.99. The minimum absolute atomic E-state index is 0.577. The normalized spacial score (nSPS) is 14.2. The second-order valence-electron chi connectivity index (χ2n) is 4.79. The summed E-state index contributed by atoms with van der Waals surface area (Å²) in [6, 6.07) is 8.81. The molecule has 0 aliphatic heterocycles. The van der Waals surface area contributed by atoms with E-state index in [0.717, 1.165) is 30.3 Å². The Kier molecular flexibility index (Phi) is 4.59. The van der Waals surface area contributed by atoms with Crippen LogP contribution >= 0.6 is 0 Å². The van der Waals surface area contributed by atoms with Gasteiger partial charge < -0.3 is 10.1 Å². The van der Waals surface area contributed by atoms with E-state index in [1.807, 2.05) is 24.3 Å². The number of benzene rings is 1. The van der Waals surface area contributed by atoms with Gasteiger partial charge in [-0.05, 0) is 36.5 Å². The molecule has 0 heterocycles. The van der Waals surface area contributed by atoms with Crippen LogP contribution in [0.2, 0.25) is 0 Å². The molecule has 1 aliphatic rings. The maximum Gasteiger partial charge on any atom is 0.123 e. The maximum atomic E-state index is 5.82. The molecular weight excluding hydrogens is 222 g/mol. The number of rotatable bonds is 8. The molecule has 2 heteroatoms. The monoisotopic (exact) mass is 243 g/mol. The third-order valence-electron chi connectivity index (χ3n) is 2.99. The van der Waals surface area contributed by atoms with Crippen LogP contribution in [-0.4, -0.2) is 19.2 Å². The summed E-state index contributed by atoms with van der Waals surface area (Å²) in [6.45, 7) is 9.24. The zero-order chi connectivity index (χ0) is 12.8. The van der Waals surface area contributed by atoms with E-state index in [-0.39, 0.29) is 0 Å². The van der Waals surface area contributed by atoms with Gasteiger partial charge in [-0.1, -0.05) is 30.9 Å². The average molecular weight is 243 g/mol. The lowest BCUT2D eigenvalue weighted by atomic mass is 10.1. The van der Waals surface area contributed by atoms with Gasteiger partial charge >= 0.3 is 0 Å². The van der Waals surface area contributed by atoms with Gasteiger partial charge in [0.15, 0.2) is 0 Å². The van der Waals surface area contributed by atoms with Crippen molar-refractivity contribution in [1.29, 1.82) is 0 Å². The highest BCUT2D eigenvalue weighted by Gasteiger charge is 2.20. The van der Waals surface area contributed by atoms with Crippen molar-refractivity contribution in [3.63, 3.8) is 0 Å². The van der Waals surface area contributed by atoms with Crippen LogP contribution in [0.4, 0.5) is 0 Å². The van der Waals surface area contributed by atoms with Gasteiger partial charge in [0.2, 0.25) is 0 Å². The Hall–Kier alpha value is -1.54. The van der Waals surface area contributed by atoms with Gasteiger partial charge in [0.05, 0.1) is 0 Å². The molecule has 0 radical (unpaired) electrons. The summed E-state index contributed by atoms with van der Waals surface area (Å²) in [4.78, 5) is 0. The van der Waals surface area contributed by atoms with Crippen LogP contribution in [0.5, 0.6) is 5.75 Å². The van der Waals surface area contributed by atoms with E-state index in [1.54, 1.807) is 0 Å². The molecule has 96 valence electrons. The predicted octanol–water partition coefficient (Wildman–Crippen LogP) is 3.10. The predicted molar refractivity (Wildman–Crippen MR) is 76.0 cm³/mol. The lowest BCUT2D eigenvalue weighted by Crippen LogP contribution is -2.21. The van der Waals surface area contributed by atoms with Gasteiger partial charge in [0, 0.05) is 12.6 Å². The first-order valence-electron chi connectivity index (χ1n) is 6.51. The summed E-state index contributed by atoms with van der Waals surface area (Å²) in [7, 11) is 0. The molecule has 0 bridgehead atoms. The maximum absolute atomic E-state index is 5.82. The number of allylic oxidation sites excluding steroid dienone is 1. The minimum atomic E-state index is 0.577. The topological polar surface area (TPSA) is 21.3 Å². The van der Waals surface area contributed by atoms with E-state index < -0.39 is 0 Å². The van der Waals surface area contributed by atoms with Crippen molar-refractivity contribution >= 4 is 0 Å². The highest BCUT2D eigenvalue weighted by atomic mass is 16.5. The van der Waals surface area contributed by atoms with E-state index in [4.69, 9.17) is 4.74 Å². The molecule has 2 rings (SSSR count). The highest BCUT2D eigenvalue weighted by molar-refractivity contribution is 5.34. The second kappa shape index (κ2) is 6.41. The van der Waals surface area contributed by atoms with Crippen molar-refractivity contribution in [2.75, 3.05) is 13.2 Å². The summed E-state index contributed by atoms with van der Waals surface area (Å²) in [5.74, 6) is 0.935. The SMILES string of the molecule is C=CCc1ccccc1OCC(=C)CNC1CC1. The van der Waals surface area contributed by atoms with E-state index >= 15 is 0 Å². The smallest absolute Gasteiger partial charge is 0.123 e. The van der Waals surface area contributed by atoms with Crippen molar-refractivity contribution in [1.82, 2.24) is 5.32 Å². The number of hydrogen-bond donors (Lipinski definition) is 1. The van der Waals surface area contributed by atoms with Gasteiger partial charge in [-0.15, -0.1) is 6.58 Å². The fourth-order valence-corrected chi connectivity index (χ4v) is 1.78. The summed E-state index contributed by atoms with van der Waals surface area (Å²) >= 11 is 0. The van der Waals surface area contributed by atoms with Crippen molar-refractivity contribution in [3.8, 4) is 5.75 Å². The van der Waals surface area contributed by atoms with Gasteiger partial charge in [-0.3, -0.25) is 0 Å². The van der Waals surface area contributed by atoms with E-state index in [2.05, 4.69) is 24.5 Å². The van der Waals surface area contributed by atoms with Crippen LogP contribution in [0.15, 0.2) is 49.1 Å². The van der Waals surface area contributed by atoms with Gasteiger partial charge in [-0.2, -0.15) is 0 Å². The molecule has 18 heavy (non-hydrogen) atoms. The first-order valence-corrected chi connectivity index (χ1v) is 6.51. The molecule has 1 N–H and O–H groups in total. The molecule has 1 aromatic carbocycles. The van der Waals surface area contributed by atoms with Crippen LogP contribution in [0.3, 0.4) is 0 Å². The van der Waals surface area contributed by atoms with E-state index in [1.165, 1.54) is 18.4 Å². The molecule has 1 saturated carbocycles. The molecular formula is C16H21NO. The van der Waals surface area contributed by atoms with Gasteiger partial charge in [0.1, 0.15) is 12.4 Å². The third kappa shape index (κ3) is 4.04. The lowest BCUT2D eigenvalue weighted by Gasteiger charge is -2.12. The molecule has 0 aromatic heterocycles. The largest absolute Gasteiger partial charge is 0.489 e. The van der Waals surface area contributed by atoms with Crippen molar-refractivity contribution in [3.05, 3.63) is 54.6 Å². The van der Waals surface area contributed by atoms with E-state index in [0.29, 0.717) is 6.61 Å². The van der Waals surface area contributed by atoms with Gasteiger partial charge in [0.25, 0.3) is 0 Å².